The molecule has 16 heavy (non-hydrogen) atoms. The fourth-order valence-electron chi connectivity index (χ4n) is 1.67. The van der Waals surface area contributed by atoms with E-state index in [1.807, 2.05) is 13.1 Å². The van der Waals surface area contributed by atoms with Crippen molar-refractivity contribution in [2.75, 3.05) is 11.9 Å². The Bertz CT molecular complexity index is 363. The molecule has 1 heterocycles. The lowest BCUT2D eigenvalue weighted by Crippen LogP contribution is -2.29. The molecule has 0 aliphatic heterocycles. The normalized spacial score (nSPS) is 12.2. The van der Waals surface area contributed by atoms with Gasteiger partial charge in [0.25, 0.3) is 0 Å². The van der Waals surface area contributed by atoms with Gasteiger partial charge in [0.1, 0.15) is 5.82 Å². The van der Waals surface area contributed by atoms with Crippen LogP contribution in [0.5, 0.6) is 0 Å². The number of nitrogens with zero attached hydrogens (tertiary/aromatic N) is 2. The van der Waals surface area contributed by atoms with E-state index >= 15 is 0 Å². The maximum Gasteiger partial charge on any atom is 0.159 e. The van der Waals surface area contributed by atoms with Crippen molar-refractivity contribution < 1.29 is 4.79 Å². The molecule has 3 heteroatoms. The zero-order valence-electron chi connectivity index (χ0n) is 10.5. The van der Waals surface area contributed by atoms with Crippen molar-refractivity contribution in [3.8, 4) is 0 Å². The molecule has 0 saturated carbocycles. The van der Waals surface area contributed by atoms with Gasteiger partial charge in [0.05, 0.1) is 0 Å². The molecule has 0 fully saturated rings. The van der Waals surface area contributed by atoms with Gasteiger partial charge in [-0.05, 0) is 32.4 Å². The number of ketones is 1. The average molecular weight is 220 g/mol. The Morgan fingerprint density at radius 2 is 2.25 bits per heavy atom. The van der Waals surface area contributed by atoms with Gasteiger partial charge in [-0.25, -0.2) is 4.98 Å². The maximum atomic E-state index is 11.3. The molecule has 0 bridgehead atoms. The van der Waals surface area contributed by atoms with Crippen LogP contribution in [-0.4, -0.2) is 23.9 Å². The highest BCUT2D eigenvalue weighted by Crippen LogP contribution is 2.16. The van der Waals surface area contributed by atoms with Crippen molar-refractivity contribution in [3.63, 3.8) is 0 Å². The van der Waals surface area contributed by atoms with E-state index in [2.05, 4.69) is 23.7 Å². The summed E-state index contributed by atoms with van der Waals surface area (Å²) < 4.78 is 0. The summed E-state index contributed by atoms with van der Waals surface area (Å²) in [6, 6.07) is 4.05. The zero-order valence-corrected chi connectivity index (χ0v) is 10.5. The van der Waals surface area contributed by atoms with Gasteiger partial charge in [-0.1, -0.05) is 13.3 Å². The van der Waals surface area contributed by atoms with Crippen LogP contribution in [0.2, 0.25) is 0 Å². The third kappa shape index (κ3) is 3.05. The van der Waals surface area contributed by atoms with Gasteiger partial charge in [-0.3, -0.25) is 4.79 Å². The van der Waals surface area contributed by atoms with Crippen molar-refractivity contribution >= 4 is 11.6 Å². The number of anilines is 1. The highest BCUT2D eigenvalue weighted by Gasteiger charge is 2.11. The molecule has 88 valence electrons. The van der Waals surface area contributed by atoms with Gasteiger partial charge in [0.2, 0.25) is 0 Å². The van der Waals surface area contributed by atoms with E-state index in [0.717, 1.165) is 24.2 Å². The summed E-state index contributed by atoms with van der Waals surface area (Å²) in [4.78, 5) is 17.7. The Labute approximate surface area is 97.5 Å². The Kier molecular flexibility index (Phi) is 4.47. The molecule has 1 atom stereocenters. The first-order valence-corrected chi connectivity index (χ1v) is 5.76. The standard InChI is InChI=1S/C13H20N2O/c1-5-6-10(2)15(4)13-9-12(11(3)16)7-8-14-13/h7-10H,5-6H2,1-4H3. The van der Waals surface area contributed by atoms with Crippen LogP contribution in [0.25, 0.3) is 0 Å². The minimum absolute atomic E-state index is 0.0835. The van der Waals surface area contributed by atoms with E-state index in [0.29, 0.717) is 6.04 Å². The molecular weight excluding hydrogens is 200 g/mol. The maximum absolute atomic E-state index is 11.3. The third-order valence-corrected chi connectivity index (χ3v) is 2.88. The van der Waals surface area contributed by atoms with Crippen LogP contribution in [0.4, 0.5) is 5.82 Å². The van der Waals surface area contributed by atoms with Crippen molar-refractivity contribution in [1.82, 2.24) is 4.98 Å². The van der Waals surface area contributed by atoms with Crippen molar-refractivity contribution in [2.24, 2.45) is 0 Å². The molecule has 0 aliphatic carbocycles. The topological polar surface area (TPSA) is 33.2 Å². The van der Waals surface area contributed by atoms with E-state index in [1.165, 1.54) is 0 Å². The number of carbonyl (C=O) groups is 1. The van der Waals surface area contributed by atoms with Crippen LogP contribution in [0.15, 0.2) is 18.3 Å². The van der Waals surface area contributed by atoms with E-state index in [-0.39, 0.29) is 5.78 Å². The van der Waals surface area contributed by atoms with Crippen LogP contribution in [0.1, 0.15) is 44.0 Å². The number of aromatic nitrogens is 1. The largest absolute Gasteiger partial charge is 0.357 e. The van der Waals surface area contributed by atoms with E-state index in [9.17, 15) is 4.79 Å². The number of rotatable bonds is 5. The van der Waals surface area contributed by atoms with E-state index in [4.69, 9.17) is 0 Å². The van der Waals surface area contributed by atoms with Gasteiger partial charge in [-0.15, -0.1) is 0 Å². The zero-order chi connectivity index (χ0) is 12.1. The lowest BCUT2D eigenvalue weighted by molar-refractivity contribution is 0.101. The molecule has 0 amide bonds. The summed E-state index contributed by atoms with van der Waals surface area (Å²) >= 11 is 0. The van der Waals surface area contributed by atoms with Gasteiger partial charge < -0.3 is 4.90 Å². The summed E-state index contributed by atoms with van der Waals surface area (Å²) in [7, 11) is 2.02. The first-order valence-electron chi connectivity index (χ1n) is 5.76. The molecule has 1 aromatic heterocycles. The van der Waals surface area contributed by atoms with Gasteiger partial charge in [-0.2, -0.15) is 0 Å². The summed E-state index contributed by atoms with van der Waals surface area (Å²) in [6.07, 6.45) is 3.97. The molecule has 1 aromatic rings. The second-order valence-electron chi connectivity index (χ2n) is 4.21. The molecule has 0 saturated heterocycles. The predicted octanol–water partition coefficient (Wildman–Crippen LogP) is 2.91. The first-order chi connectivity index (χ1) is 7.56. The predicted molar refractivity (Wildman–Crippen MR) is 67.0 cm³/mol. The molecule has 1 rings (SSSR count). The van der Waals surface area contributed by atoms with Crippen LogP contribution < -0.4 is 4.90 Å². The van der Waals surface area contributed by atoms with E-state index < -0.39 is 0 Å². The average Bonchev–Trinajstić information content (AvgIpc) is 2.28. The molecule has 0 N–H and O–H groups in total. The number of hydrogen-bond donors (Lipinski definition) is 0. The Balaban J connectivity index is 2.86. The molecular formula is C13H20N2O. The SMILES string of the molecule is CCCC(C)N(C)c1cc(C(C)=O)ccn1. The fourth-order valence-corrected chi connectivity index (χ4v) is 1.67. The van der Waals surface area contributed by atoms with Crippen molar-refractivity contribution in [1.29, 1.82) is 0 Å². The summed E-state index contributed by atoms with van der Waals surface area (Å²) in [5.41, 5.74) is 0.723. The summed E-state index contributed by atoms with van der Waals surface area (Å²) in [5.74, 6) is 0.953. The Morgan fingerprint density at radius 1 is 1.56 bits per heavy atom. The second-order valence-corrected chi connectivity index (χ2v) is 4.21. The Hall–Kier alpha value is -1.38. The molecule has 0 aliphatic rings. The molecule has 0 spiro atoms. The molecule has 1 unspecified atom stereocenters. The lowest BCUT2D eigenvalue weighted by Gasteiger charge is -2.25. The Morgan fingerprint density at radius 3 is 2.81 bits per heavy atom. The lowest BCUT2D eigenvalue weighted by atomic mass is 10.1. The minimum Gasteiger partial charge on any atom is -0.357 e. The molecule has 0 aromatic carbocycles. The van der Waals surface area contributed by atoms with Gasteiger partial charge in [0.15, 0.2) is 5.78 Å². The van der Waals surface area contributed by atoms with E-state index in [1.54, 1.807) is 19.2 Å². The van der Waals surface area contributed by atoms with Crippen LogP contribution >= 0.6 is 0 Å². The van der Waals surface area contributed by atoms with Gasteiger partial charge in [0, 0.05) is 24.8 Å². The highest BCUT2D eigenvalue weighted by molar-refractivity contribution is 5.94. The number of pyridine rings is 1. The quantitative estimate of drug-likeness (QED) is 0.715. The van der Waals surface area contributed by atoms with Crippen LogP contribution in [-0.2, 0) is 0 Å². The number of hydrogen-bond acceptors (Lipinski definition) is 3. The number of carbonyl (C=O) groups excluding carboxylic acids is 1. The number of Topliss-reactive ketones (excluding diaryl/α,β-unsaturated/α-hetero) is 1. The third-order valence-electron chi connectivity index (χ3n) is 2.88. The van der Waals surface area contributed by atoms with Gasteiger partial charge >= 0.3 is 0 Å². The molecule has 3 nitrogen and oxygen atoms in total. The minimum atomic E-state index is 0.0835. The monoisotopic (exact) mass is 220 g/mol. The molecule has 0 radical (unpaired) electrons. The van der Waals surface area contributed by atoms with Crippen molar-refractivity contribution in [2.45, 2.75) is 39.7 Å². The second kappa shape index (κ2) is 5.64. The summed E-state index contributed by atoms with van der Waals surface area (Å²) in [5, 5.41) is 0. The van der Waals surface area contributed by atoms with Crippen LogP contribution in [0, 0.1) is 0 Å². The van der Waals surface area contributed by atoms with Crippen LogP contribution in [0.3, 0.4) is 0 Å². The van der Waals surface area contributed by atoms with Crippen molar-refractivity contribution in [3.05, 3.63) is 23.9 Å². The first kappa shape index (κ1) is 12.7. The fraction of sp³-hybridized carbons (Fsp3) is 0.538. The highest BCUT2D eigenvalue weighted by atomic mass is 16.1. The summed E-state index contributed by atoms with van der Waals surface area (Å²) in [6.45, 7) is 5.92. The smallest absolute Gasteiger partial charge is 0.159 e.